The molecule has 3 atom stereocenters. The van der Waals surface area contributed by atoms with Crippen LogP contribution in [0.15, 0.2) is 30.9 Å². The van der Waals surface area contributed by atoms with Gasteiger partial charge in [-0.2, -0.15) is 5.26 Å². The first-order chi connectivity index (χ1) is 12.0. The average molecular weight is 339 g/mol. The molecule has 6 nitrogen and oxygen atoms in total. The Balaban J connectivity index is 1.69. The maximum absolute atomic E-state index is 10.4. The van der Waals surface area contributed by atoms with Crippen molar-refractivity contribution in [2.75, 3.05) is 5.32 Å². The minimum absolute atomic E-state index is 0.0811. The quantitative estimate of drug-likeness (QED) is 0.845. The second-order valence-electron chi connectivity index (χ2n) is 7.32. The molecule has 3 rings (SSSR count). The van der Waals surface area contributed by atoms with Crippen molar-refractivity contribution in [3.8, 4) is 6.07 Å². The maximum Gasteiger partial charge on any atom is 0.144 e. The topological polar surface area (TPSA) is 86.8 Å². The summed E-state index contributed by atoms with van der Waals surface area (Å²) in [5.74, 6) is 1.48. The second kappa shape index (κ2) is 7.66. The van der Waals surface area contributed by atoms with Gasteiger partial charge in [-0.05, 0) is 43.2 Å². The summed E-state index contributed by atoms with van der Waals surface area (Å²) < 4.78 is 2.04. The second-order valence-corrected chi connectivity index (χ2v) is 7.32. The number of pyridine rings is 1. The molecule has 1 saturated carbocycles. The number of aliphatic hydroxyl groups excluding tert-OH is 1. The van der Waals surface area contributed by atoms with Crippen LogP contribution in [-0.4, -0.2) is 31.8 Å². The van der Waals surface area contributed by atoms with E-state index < -0.39 is 6.10 Å². The normalized spacial score (nSPS) is 22.9. The van der Waals surface area contributed by atoms with Crippen molar-refractivity contribution in [3.05, 3.63) is 42.1 Å². The smallest absolute Gasteiger partial charge is 0.144 e. The van der Waals surface area contributed by atoms with Gasteiger partial charge in [0.05, 0.1) is 24.0 Å². The predicted octanol–water partition coefficient (Wildman–Crippen LogP) is 2.60. The molecular formula is C19H25N5O. The molecule has 0 aliphatic heterocycles. The molecule has 1 aliphatic carbocycles. The Kier molecular flexibility index (Phi) is 5.34. The lowest BCUT2D eigenvalue weighted by Crippen LogP contribution is -2.29. The third kappa shape index (κ3) is 4.37. The first-order valence-electron chi connectivity index (χ1n) is 8.85. The van der Waals surface area contributed by atoms with E-state index in [4.69, 9.17) is 0 Å². The molecule has 0 spiro atoms. The van der Waals surface area contributed by atoms with Gasteiger partial charge in [0.15, 0.2) is 0 Å². The van der Waals surface area contributed by atoms with Gasteiger partial charge < -0.3 is 15.0 Å². The van der Waals surface area contributed by atoms with Crippen LogP contribution in [0.2, 0.25) is 0 Å². The number of hydrogen-bond donors (Lipinski definition) is 2. The molecule has 2 heterocycles. The molecule has 1 fully saturated rings. The number of anilines is 1. The molecule has 0 amide bonds. The number of aliphatic hydroxyl groups is 1. The summed E-state index contributed by atoms with van der Waals surface area (Å²) in [6.07, 6.45) is 7.54. The van der Waals surface area contributed by atoms with Gasteiger partial charge in [0.2, 0.25) is 0 Å². The minimum Gasteiger partial charge on any atom is -0.391 e. The number of hydrogen-bond acceptors (Lipinski definition) is 5. The zero-order chi connectivity index (χ0) is 17.8. The number of nitriles is 1. The lowest BCUT2D eigenvalue weighted by atomic mass is 10.1. The van der Waals surface area contributed by atoms with E-state index in [2.05, 4.69) is 35.2 Å². The van der Waals surface area contributed by atoms with Crippen LogP contribution in [0, 0.1) is 23.2 Å². The Morgan fingerprint density at radius 2 is 2.24 bits per heavy atom. The van der Waals surface area contributed by atoms with Crippen LogP contribution < -0.4 is 5.32 Å². The van der Waals surface area contributed by atoms with Crippen molar-refractivity contribution in [2.45, 2.75) is 51.8 Å². The van der Waals surface area contributed by atoms with Gasteiger partial charge in [-0.15, -0.1) is 0 Å². The standard InChI is InChI=1S/C19H25N5O/c1-13(2)7-16-4-3-15(10-20)19(22-16)23-17-8-14(9-18(17)25)11-24-6-5-21-12-24/h3-6,12-14,17-18,25H,7-9,11H2,1-2H3,(H,22,23)/t14?,17-,18-/m1/s1. The van der Waals surface area contributed by atoms with Crippen molar-refractivity contribution < 1.29 is 5.11 Å². The Bertz CT molecular complexity index is 735. The fraction of sp³-hybridized carbons (Fsp3) is 0.526. The highest BCUT2D eigenvalue weighted by atomic mass is 16.3. The van der Waals surface area contributed by atoms with Crippen LogP contribution in [0.3, 0.4) is 0 Å². The van der Waals surface area contributed by atoms with Crippen LogP contribution >= 0.6 is 0 Å². The lowest BCUT2D eigenvalue weighted by molar-refractivity contribution is 0.166. The first-order valence-corrected chi connectivity index (χ1v) is 8.85. The third-order valence-corrected chi connectivity index (χ3v) is 4.67. The minimum atomic E-state index is -0.435. The van der Waals surface area contributed by atoms with Gasteiger partial charge >= 0.3 is 0 Å². The van der Waals surface area contributed by atoms with Crippen LogP contribution in [0.25, 0.3) is 0 Å². The summed E-state index contributed by atoms with van der Waals surface area (Å²) >= 11 is 0. The molecule has 0 aromatic carbocycles. The summed E-state index contributed by atoms with van der Waals surface area (Å²) in [6.45, 7) is 5.14. The van der Waals surface area contributed by atoms with Crippen molar-refractivity contribution in [3.63, 3.8) is 0 Å². The van der Waals surface area contributed by atoms with Crippen LogP contribution in [0.5, 0.6) is 0 Å². The first kappa shape index (κ1) is 17.4. The highest BCUT2D eigenvalue weighted by molar-refractivity contribution is 5.53. The summed E-state index contributed by atoms with van der Waals surface area (Å²) in [5.41, 5.74) is 1.50. The molecule has 132 valence electrons. The zero-order valence-electron chi connectivity index (χ0n) is 14.8. The van der Waals surface area contributed by atoms with E-state index in [1.807, 2.05) is 22.9 Å². The average Bonchev–Trinajstić information content (AvgIpc) is 3.18. The largest absolute Gasteiger partial charge is 0.391 e. The number of nitrogens with zero attached hydrogens (tertiary/aromatic N) is 4. The van der Waals surface area contributed by atoms with Crippen molar-refractivity contribution in [1.29, 1.82) is 5.26 Å². The third-order valence-electron chi connectivity index (χ3n) is 4.67. The van der Waals surface area contributed by atoms with E-state index in [0.29, 0.717) is 23.2 Å². The molecule has 0 saturated heterocycles. The maximum atomic E-state index is 10.4. The molecule has 1 aliphatic rings. The van der Waals surface area contributed by atoms with Gasteiger partial charge in [0.1, 0.15) is 11.9 Å². The number of nitrogens with one attached hydrogen (secondary N) is 1. The van der Waals surface area contributed by atoms with Crippen molar-refractivity contribution in [2.24, 2.45) is 11.8 Å². The van der Waals surface area contributed by atoms with Crippen molar-refractivity contribution >= 4 is 5.82 Å². The van der Waals surface area contributed by atoms with Crippen LogP contribution in [0.4, 0.5) is 5.82 Å². The highest BCUT2D eigenvalue weighted by Gasteiger charge is 2.33. The van der Waals surface area contributed by atoms with Crippen LogP contribution in [-0.2, 0) is 13.0 Å². The molecule has 6 heteroatoms. The van der Waals surface area contributed by atoms with E-state index in [9.17, 15) is 10.4 Å². The van der Waals surface area contributed by atoms with Gasteiger partial charge in [0.25, 0.3) is 0 Å². The fourth-order valence-corrected chi connectivity index (χ4v) is 3.52. The molecule has 2 aromatic heterocycles. The van der Waals surface area contributed by atoms with E-state index >= 15 is 0 Å². The molecule has 2 N–H and O–H groups in total. The van der Waals surface area contributed by atoms with Gasteiger partial charge in [-0.25, -0.2) is 9.97 Å². The highest BCUT2D eigenvalue weighted by Crippen LogP contribution is 2.30. The Morgan fingerprint density at radius 3 is 2.92 bits per heavy atom. The molecule has 0 radical (unpaired) electrons. The Hall–Kier alpha value is -2.39. The number of rotatable bonds is 6. The summed E-state index contributed by atoms with van der Waals surface area (Å²) in [5, 5.41) is 23.1. The summed E-state index contributed by atoms with van der Waals surface area (Å²) in [7, 11) is 0. The molecule has 2 aromatic rings. The van der Waals surface area contributed by atoms with Gasteiger partial charge in [-0.3, -0.25) is 0 Å². The lowest BCUT2D eigenvalue weighted by Gasteiger charge is -2.19. The molecular weight excluding hydrogens is 314 g/mol. The van der Waals surface area contributed by atoms with Gasteiger partial charge in [-0.1, -0.05) is 13.8 Å². The molecule has 1 unspecified atom stereocenters. The monoisotopic (exact) mass is 339 g/mol. The van der Waals surface area contributed by atoms with E-state index in [1.54, 1.807) is 12.5 Å². The van der Waals surface area contributed by atoms with Gasteiger partial charge in [0, 0.05) is 24.6 Å². The summed E-state index contributed by atoms with van der Waals surface area (Å²) in [6, 6.07) is 5.84. The predicted molar refractivity (Wildman–Crippen MR) is 95.9 cm³/mol. The molecule has 25 heavy (non-hydrogen) atoms. The zero-order valence-corrected chi connectivity index (χ0v) is 14.8. The number of imidazole rings is 1. The van der Waals surface area contributed by atoms with Crippen LogP contribution in [0.1, 0.15) is 37.9 Å². The summed E-state index contributed by atoms with van der Waals surface area (Å²) in [4.78, 5) is 8.69. The Labute approximate surface area is 148 Å². The molecule has 0 bridgehead atoms. The Morgan fingerprint density at radius 1 is 1.40 bits per heavy atom. The van der Waals surface area contributed by atoms with Crippen molar-refractivity contribution in [1.82, 2.24) is 14.5 Å². The van der Waals surface area contributed by atoms with E-state index in [1.165, 1.54) is 0 Å². The van der Waals surface area contributed by atoms with E-state index in [-0.39, 0.29) is 6.04 Å². The SMILES string of the molecule is CC(C)Cc1ccc(C#N)c(N[C@@H]2CC(Cn3ccnc3)C[C@H]2O)n1. The van der Waals surface area contributed by atoms with E-state index in [0.717, 1.165) is 31.5 Å². The fourth-order valence-electron chi connectivity index (χ4n) is 3.52. The number of aromatic nitrogens is 3.